The topological polar surface area (TPSA) is 49.4 Å². The van der Waals surface area contributed by atoms with E-state index in [0.717, 1.165) is 11.4 Å². The molecule has 4 nitrogen and oxygen atoms in total. The maximum atomic E-state index is 13.9. The highest BCUT2D eigenvalue weighted by Gasteiger charge is 2.44. The van der Waals surface area contributed by atoms with E-state index in [1.807, 2.05) is 49.4 Å². The highest BCUT2D eigenvalue weighted by Crippen LogP contribution is 2.47. The quantitative estimate of drug-likeness (QED) is 0.568. The number of nitrogens with one attached hydrogen (secondary N) is 1. The monoisotopic (exact) mass is 426 g/mol. The number of anilines is 2. The maximum absolute atomic E-state index is 13.9. The van der Waals surface area contributed by atoms with Gasteiger partial charge in [-0.05, 0) is 47.9 Å². The van der Waals surface area contributed by atoms with Gasteiger partial charge < -0.3 is 5.32 Å². The number of allylic oxidation sites excluding steroid dienone is 1. The Morgan fingerprint density at radius 2 is 1.66 bits per heavy atom. The molecule has 3 atom stereocenters. The molecule has 1 heterocycles. The van der Waals surface area contributed by atoms with Crippen LogP contribution in [0.4, 0.5) is 15.8 Å². The first kappa shape index (κ1) is 20.2. The molecule has 3 aromatic carbocycles. The van der Waals surface area contributed by atoms with E-state index >= 15 is 0 Å². The predicted molar refractivity (Wildman–Crippen MR) is 123 cm³/mol. The Morgan fingerprint density at radius 3 is 2.41 bits per heavy atom. The molecular formula is C27H23FN2O2. The van der Waals surface area contributed by atoms with E-state index in [0.29, 0.717) is 23.2 Å². The number of rotatable bonds is 2. The minimum atomic E-state index is -0.606. The molecule has 2 aliphatic rings. The second-order valence-corrected chi connectivity index (χ2v) is 8.43. The summed E-state index contributed by atoms with van der Waals surface area (Å²) in [5, 5.41) is 3.44. The summed E-state index contributed by atoms with van der Waals surface area (Å²) >= 11 is 0. The Bertz CT molecular complexity index is 1200. The molecule has 160 valence electrons. The first-order chi connectivity index (χ1) is 15.5. The molecule has 1 amide bonds. The number of fused-ring (bicyclic) bond motifs is 2. The van der Waals surface area contributed by atoms with E-state index in [-0.39, 0.29) is 23.4 Å². The van der Waals surface area contributed by atoms with E-state index in [9.17, 15) is 14.0 Å². The molecule has 5 rings (SSSR count). The molecule has 0 spiro atoms. The van der Waals surface area contributed by atoms with Gasteiger partial charge in [-0.1, -0.05) is 55.5 Å². The summed E-state index contributed by atoms with van der Waals surface area (Å²) in [5.41, 5.74) is 3.48. The highest BCUT2D eigenvalue weighted by molar-refractivity contribution is 6.09. The minimum Gasteiger partial charge on any atom is -0.357 e. The lowest BCUT2D eigenvalue weighted by Crippen LogP contribution is -2.42. The van der Waals surface area contributed by atoms with E-state index in [4.69, 9.17) is 0 Å². The first-order valence-electron chi connectivity index (χ1n) is 10.8. The molecule has 32 heavy (non-hydrogen) atoms. The van der Waals surface area contributed by atoms with E-state index < -0.39 is 12.0 Å². The second-order valence-electron chi connectivity index (χ2n) is 8.43. The number of hydrogen-bond acceptors (Lipinski definition) is 3. The molecule has 0 radical (unpaired) electrons. The zero-order chi connectivity index (χ0) is 22.2. The number of halogens is 1. The smallest absolute Gasteiger partial charge is 0.258 e. The van der Waals surface area contributed by atoms with Gasteiger partial charge in [-0.25, -0.2) is 4.39 Å². The van der Waals surface area contributed by atoms with Gasteiger partial charge in [0, 0.05) is 17.7 Å². The van der Waals surface area contributed by atoms with Crippen molar-refractivity contribution >= 4 is 23.1 Å². The zero-order valence-corrected chi connectivity index (χ0v) is 17.7. The first-order valence-corrected chi connectivity index (χ1v) is 10.8. The van der Waals surface area contributed by atoms with Crippen LogP contribution in [-0.2, 0) is 4.79 Å². The van der Waals surface area contributed by atoms with Crippen molar-refractivity contribution in [3.63, 3.8) is 0 Å². The molecule has 0 unspecified atom stereocenters. The SMILES string of the molecule is C[C@H]1C=C2Nc3ccccc3N(C(=O)c3ccccc3)[C@H](c3ccc(F)cc3)[C@@H]2C(=O)C1. The zero-order valence-electron chi connectivity index (χ0n) is 17.7. The van der Waals surface area contributed by atoms with Crippen LogP contribution < -0.4 is 10.2 Å². The van der Waals surface area contributed by atoms with Crippen LogP contribution in [-0.4, -0.2) is 11.7 Å². The Labute approximate surface area is 186 Å². The number of carbonyl (C=O) groups is 2. The summed E-state index contributed by atoms with van der Waals surface area (Å²) in [5.74, 6) is -0.978. The van der Waals surface area contributed by atoms with Gasteiger partial charge in [0.1, 0.15) is 11.6 Å². The molecule has 0 aromatic heterocycles. The van der Waals surface area contributed by atoms with Crippen molar-refractivity contribution in [1.82, 2.24) is 0 Å². The summed E-state index contributed by atoms with van der Waals surface area (Å²) in [4.78, 5) is 29.0. The number of benzene rings is 3. The second kappa shape index (κ2) is 8.08. The number of para-hydroxylation sites is 2. The van der Waals surface area contributed by atoms with E-state index in [1.165, 1.54) is 12.1 Å². The Balaban J connectivity index is 1.77. The highest BCUT2D eigenvalue weighted by atomic mass is 19.1. The van der Waals surface area contributed by atoms with Crippen molar-refractivity contribution in [2.75, 3.05) is 10.2 Å². The van der Waals surface area contributed by atoms with Crippen molar-refractivity contribution < 1.29 is 14.0 Å². The lowest BCUT2D eigenvalue weighted by Gasteiger charge is -2.37. The number of ketones is 1. The van der Waals surface area contributed by atoms with Gasteiger partial charge in [0.25, 0.3) is 5.91 Å². The minimum absolute atomic E-state index is 0.0653. The molecule has 1 aliphatic carbocycles. The Hall–Kier alpha value is -3.73. The fourth-order valence-corrected chi connectivity index (χ4v) is 4.75. The summed E-state index contributed by atoms with van der Waals surface area (Å²) in [7, 11) is 0. The van der Waals surface area contributed by atoms with Gasteiger partial charge >= 0.3 is 0 Å². The van der Waals surface area contributed by atoms with Crippen molar-refractivity contribution in [3.8, 4) is 0 Å². The van der Waals surface area contributed by atoms with E-state index in [2.05, 4.69) is 11.4 Å². The summed E-state index contributed by atoms with van der Waals surface area (Å²) < 4.78 is 13.8. The van der Waals surface area contributed by atoms with Crippen LogP contribution in [0.3, 0.4) is 0 Å². The van der Waals surface area contributed by atoms with Crippen molar-refractivity contribution in [1.29, 1.82) is 0 Å². The molecule has 0 bridgehead atoms. The molecule has 0 fully saturated rings. The van der Waals surface area contributed by atoms with Crippen LogP contribution >= 0.6 is 0 Å². The van der Waals surface area contributed by atoms with Gasteiger partial charge in [-0.2, -0.15) is 0 Å². The number of nitrogens with zero attached hydrogens (tertiary/aromatic N) is 1. The van der Waals surface area contributed by atoms with Gasteiger partial charge in [0.2, 0.25) is 0 Å². The number of Topliss-reactive ketones (excluding diaryl/α,β-unsaturated/α-hetero) is 1. The third-order valence-corrected chi connectivity index (χ3v) is 6.16. The average Bonchev–Trinajstić information content (AvgIpc) is 2.94. The van der Waals surface area contributed by atoms with Crippen molar-refractivity contribution in [2.24, 2.45) is 11.8 Å². The predicted octanol–water partition coefficient (Wildman–Crippen LogP) is 5.75. The van der Waals surface area contributed by atoms with E-state index in [1.54, 1.807) is 29.2 Å². The third-order valence-electron chi connectivity index (χ3n) is 6.16. The van der Waals surface area contributed by atoms with Crippen molar-refractivity contribution in [2.45, 2.75) is 19.4 Å². The van der Waals surface area contributed by atoms with Gasteiger partial charge in [-0.15, -0.1) is 0 Å². The Morgan fingerprint density at radius 1 is 0.969 bits per heavy atom. The largest absolute Gasteiger partial charge is 0.357 e. The molecule has 3 aromatic rings. The van der Waals surface area contributed by atoms with Gasteiger partial charge in [0.05, 0.1) is 23.3 Å². The maximum Gasteiger partial charge on any atom is 0.258 e. The average molecular weight is 426 g/mol. The van der Waals surface area contributed by atoms with Crippen molar-refractivity contribution in [3.05, 3.63) is 108 Å². The Kier molecular flexibility index (Phi) is 5.10. The summed E-state index contributed by atoms with van der Waals surface area (Å²) in [6.07, 6.45) is 2.48. The van der Waals surface area contributed by atoms with Crippen LogP contribution in [0.15, 0.2) is 90.6 Å². The third kappa shape index (κ3) is 3.50. The number of amides is 1. The standard InChI is InChI=1S/C27H23FN2O2/c1-17-15-22-25(24(31)16-17)26(18-11-13-20(28)14-12-18)30(23-10-6-5-9-21(23)29-22)27(32)19-7-3-2-4-8-19/h2-15,17,25-26,29H,16H2,1H3/t17-,25-,26+/m0/s1. The van der Waals surface area contributed by atoms with Crippen LogP contribution in [0.2, 0.25) is 0 Å². The number of carbonyl (C=O) groups excluding carboxylic acids is 2. The number of hydrogen-bond donors (Lipinski definition) is 1. The van der Waals surface area contributed by atoms with Crippen LogP contribution in [0.25, 0.3) is 0 Å². The molecule has 0 saturated carbocycles. The molecule has 1 aliphatic heterocycles. The van der Waals surface area contributed by atoms with Crippen LogP contribution in [0.5, 0.6) is 0 Å². The fourth-order valence-electron chi connectivity index (χ4n) is 4.75. The lowest BCUT2D eigenvalue weighted by atomic mass is 9.78. The molecular weight excluding hydrogens is 403 g/mol. The fraction of sp³-hybridized carbons (Fsp3) is 0.185. The van der Waals surface area contributed by atoms with Gasteiger partial charge in [-0.3, -0.25) is 14.5 Å². The van der Waals surface area contributed by atoms with Crippen LogP contribution in [0.1, 0.15) is 35.3 Å². The van der Waals surface area contributed by atoms with Crippen LogP contribution in [0, 0.1) is 17.7 Å². The summed E-state index contributed by atoms with van der Waals surface area (Å²) in [6.45, 7) is 2.01. The molecule has 0 saturated heterocycles. The normalized spacial score (nSPS) is 22.2. The molecule has 5 heteroatoms. The lowest BCUT2D eigenvalue weighted by molar-refractivity contribution is -0.123. The van der Waals surface area contributed by atoms with Gasteiger partial charge in [0.15, 0.2) is 0 Å². The molecule has 1 N–H and O–H groups in total. The summed E-state index contributed by atoms with van der Waals surface area (Å²) in [6, 6.07) is 22.1.